The molecule has 118 valence electrons. The van der Waals surface area contributed by atoms with Crippen LogP contribution in [0.4, 0.5) is 11.8 Å². The van der Waals surface area contributed by atoms with Crippen LogP contribution in [0.1, 0.15) is 13.8 Å². The first-order valence-corrected chi connectivity index (χ1v) is 7.70. The Hall–Kier alpha value is -2.14. The molecule has 0 spiro atoms. The van der Waals surface area contributed by atoms with Crippen LogP contribution in [-0.2, 0) is 4.74 Å². The maximum absolute atomic E-state index is 5.07. The molecule has 1 heterocycles. The van der Waals surface area contributed by atoms with E-state index in [4.69, 9.17) is 4.74 Å². The van der Waals surface area contributed by atoms with Crippen LogP contribution in [0.25, 0.3) is 11.3 Å². The lowest BCUT2D eigenvalue weighted by molar-refractivity contribution is 0.210. The predicted octanol–water partition coefficient (Wildman–Crippen LogP) is 3.05. The smallest absolute Gasteiger partial charge is 0.225 e. The fourth-order valence-corrected chi connectivity index (χ4v) is 2.24. The molecule has 0 fully saturated rings. The molecule has 0 aliphatic rings. The molecule has 5 nitrogen and oxygen atoms in total. The molecule has 1 aromatic heterocycles. The van der Waals surface area contributed by atoms with Crippen molar-refractivity contribution in [2.45, 2.75) is 13.8 Å². The van der Waals surface area contributed by atoms with Crippen LogP contribution in [-0.4, -0.2) is 43.3 Å². The minimum atomic E-state index is 0.625. The maximum Gasteiger partial charge on any atom is 0.225 e. The number of ether oxygens (including phenoxy) is 1. The second-order valence-corrected chi connectivity index (χ2v) is 4.89. The fourth-order valence-electron chi connectivity index (χ4n) is 2.24. The average molecular weight is 300 g/mol. The first kappa shape index (κ1) is 16.2. The number of methoxy groups -OCH3 is 1. The number of hydrogen-bond acceptors (Lipinski definition) is 5. The number of hydrogen-bond donors (Lipinski definition) is 1. The molecule has 5 heteroatoms. The number of nitrogens with one attached hydrogen (secondary N) is 1. The zero-order chi connectivity index (χ0) is 15.8. The van der Waals surface area contributed by atoms with Crippen molar-refractivity contribution in [1.29, 1.82) is 0 Å². The Morgan fingerprint density at radius 2 is 1.82 bits per heavy atom. The van der Waals surface area contributed by atoms with Crippen molar-refractivity contribution >= 4 is 11.8 Å². The molecule has 0 bridgehead atoms. The molecule has 0 aliphatic carbocycles. The lowest BCUT2D eigenvalue weighted by Gasteiger charge is -2.21. The molecule has 0 amide bonds. The van der Waals surface area contributed by atoms with Crippen LogP contribution in [0, 0.1) is 0 Å². The van der Waals surface area contributed by atoms with E-state index >= 15 is 0 Å². The van der Waals surface area contributed by atoms with Crippen molar-refractivity contribution in [1.82, 2.24) is 9.97 Å². The SMILES string of the molecule is CCN(CC)c1cc(-c2ccccc2)nc(NCCOC)n1. The minimum Gasteiger partial charge on any atom is -0.383 e. The zero-order valence-electron chi connectivity index (χ0n) is 13.5. The lowest BCUT2D eigenvalue weighted by Crippen LogP contribution is -2.24. The minimum absolute atomic E-state index is 0.625. The van der Waals surface area contributed by atoms with Gasteiger partial charge in [0.05, 0.1) is 12.3 Å². The largest absolute Gasteiger partial charge is 0.383 e. The van der Waals surface area contributed by atoms with Gasteiger partial charge in [0.2, 0.25) is 5.95 Å². The Kier molecular flexibility index (Phi) is 6.15. The van der Waals surface area contributed by atoms with Crippen LogP contribution in [0.5, 0.6) is 0 Å². The van der Waals surface area contributed by atoms with Crippen LogP contribution in [0.3, 0.4) is 0 Å². The summed E-state index contributed by atoms with van der Waals surface area (Å²) in [5.74, 6) is 1.58. The Morgan fingerprint density at radius 1 is 1.09 bits per heavy atom. The van der Waals surface area contributed by atoms with Gasteiger partial charge in [-0.05, 0) is 13.8 Å². The van der Waals surface area contributed by atoms with Gasteiger partial charge >= 0.3 is 0 Å². The molecular weight excluding hydrogens is 276 g/mol. The summed E-state index contributed by atoms with van der Waals surface area (Å²) < 4.78 is 5.07. The molecule has 0 radical (unpaired) electrons. The summed E-state index contributed by atoms with van der Waals surface area (Å²) in [5, 5.41) is 3.23. The van der Waals surface area contributed by atoms with Gasteiger partial charge in [-0.25, -0.2) is 4.98 Å². The highest BCUT2D eigenvalue weighted by Crippen LogP contribution is 2.23. The van der Waals surface area contributed by atoms with Crippen molar-refractivity contribution < 1.29 is 4.74 Å². The molecular formula is C17H24N4O. The number of nitrogens with zero attached hydrogens (tertiary/aromatic N) is 3. The second-order valence-electron chi connectivity index (χ2n) is 4.89. The van der Waals surface area contributed by atoms with E-state index in [9.17, 15) is 0 Å². The van der Waals surface area contributed by atoms with E-state index in [1.165, 1.54) is 0 Å². The standard InChI is InChI=1S/C17H24N4O/c1-4-21(5-2)16-13-15(14-9-7-6-8-10-14)19-17(20-16)18-11-12-22-3/h6-10,13H,4-5,11-12H2,1-3H3,(H,18,19,20). The van der Waals surface area contributed by atoms with Gasteiger partial charge in [0.25, 0.3) is 0 Å². The molecule has 0 aliphatic heterocycles. The fraction of sp³-hybridized carbons (Fsp3) is 0.412. The van der Waals surface area contributed by atoms with E-state index in [1.54, 1.807) is 7.11 Å². The van der Waals surface area contributed by atoms with E-state index in [0.717, 1.165) is 30.2 Å². The molecule has 0 atom stereocenters. The zero-order valence-corrected chi connectivity index (χ0v) is 13.5. The van der Waals surface area contributed by atoms with Gasteiger partial charge in [-0.15, -0.1) is 0 Å². The highest BCUT2D eigenvalue weighted by atomic mass is 16.5. The maximum atomic E-state index is 5.07. The third-order valence-electron chi connectivity index (χ3n) is 3.46. The predicted molar refractivity (Wildman–Crippen MR) is 91.4 cm³/mol. The molecule has 1 N–H and O–H groups in total. The molecule has 2 aromatic rings. The first-order valence-electron chi connectivity index (χ1n) is 7.70. The van der Waals surface area contributed by atoms with Gasteiger partial charge in [-0.3, -0.25) is 0 Å². The van der Waals surface area contributed by atoms with Crippen LogP contribution in [0.2, 0.25) is 0 Å². The summed E-state index contributed by atoms with van der Waals surface area (Å²) >= 11 is 0. The third-order valence-corrected chi connectivity index (χ3v) is 3.46. The summed E-state index contributed by atoms with van der Waals surface area (Å²) in [5.41, 5.74) is 2.02. The van der Waals surface area contributed by atoms with Gasteiger partial charge in [-0.1, -0.05) is 30.3 Å². The van der Waals surface area contributed by atoms with Crippen molar-refractivity contribution in [3.05, 3.63) is 36.4 Å². The van der Waals surface area contributed by atoms with Crippen LogP contribution in [0.15, 0.2) is 36.4 Å². The molecule has 0 unspecified atom stereocenters. The Balaban J connectivity index is 2.35. The highest BCUT2D eigenvalue weighted by Gasteiger charge is 2.10. The van der Waals surface area contributed by atoms with E-state index in [0.29, 0.717) is 19.1 Å². The summed E-state index contributed by atoms with van der Waals surface area (Å²) in [6.45, 7) is 7.40. The average Bonchev–Trinajstić information content (AvgIpc) is 2.57. The second kappa shape index (κ2) is 8.34. The van der Waals surface area contributed by atoms with E-state index in [-0.39, 0.29) is 0 Å². The number of rotatable bonds is 8. The topological polar surface area (TPSA) is 50.3 Å². The van der Waals surface area contributed by atoms with E-state index in [1.807, 2.05) is 24.3 Å². The molecule has 1 aromatic carbocycles. The first-order chi connectivity index (χ1) is 10.8. The summed E-state index contributed by atoms with van der Waals surface area (Å²) in [6, 6.07) is 12.2. The van der Waals surface area contributed by atoms with Gasteiger partial charge < -0.3 is 15.0 Å². The summed E-state index contributed by atoms with van der Waals surface area (Å²) in [6.07, 6.45) is 0. The van der Waals surface area contributed by atoms with Crippen molar-refractivity contribution in [2.24, 2.45) is 0 Å². The number of aromatic nitrogens is 2. The van der Waals surface area contributed by atoms with Crippen molar-refractivity contribution in [3.8, 4) is 11.3 Å². The molecule has 2 rings (SSSR count). The monoisotopic (exact) mass is 300 g/mol. The Bertz CT molecular complexity index is 570. The van der Waals surface area contributed by atoms with Crippen LogP contribution < -0.4 is 10.2 Å². The Morgan fingerprint density at radius 3 is 2.45 bits per heavy atom. The van der Waals surface area contributed by atoms with Crippen molar-refractivity contribution in [3.63, 3.8) is 0 Å². The van der Waals surface area contributed by atoms with Gasteiger partial charge in [0.15, 0.2) is 0 Å². The highest BCUT2D eigenvalue weighted by molar-refractivity contribution is 5.64. The van der Waals surface area contributed by atoms with Crippen LogP contribution >= 0.6 is 0 Å². The molecule has 0 saturated carbocycles. The van der Waals surface area contributed by atoms with Gasteiger partial charge in [-0.2, -0.15) is 4.98 Å². The van der Waals surface area contributed by atoms with E-state index in [2.05, 4.69) is 46.2 Å². The number of benzene rings is 1. The third kappa shape index (κ3) is 4.18. The normalized spacial score (nSPS) is 10.5. The molecule has 22 heavy (non-hydrogen) atoms. The summed E-state index contributed by atoms with van der Waals surface area (Å²) in [4.78, 5) is 11.5. The van der Waals surface area contributed by atoms with E-state index < -0.39 is 0 Å². The van der Waals surface area contributed by atoms with Gasteiger partial charge in [0.1, 0.15) is 5.82 Å². The Labute approximate surface area is 132 Å². The lowest BCUT2D eigenvalue weighted by atomic mass is 10.1. The molecule has 0 saturated heterocycles. The van der Waals surface area contributed by atoms with Gasteiger partial charge in [0, 0.05) is 38.4 Å². The number of anilines is 2. The quantitative estimate of drug-likeness (QED) is 0.759. The van der Waals surface area contributed by atoms with Crippen molar-refractivity contribution in [2.75, 3.05) is 43.6 Å². The summed E-state index contributed by atoms with van der Waals surface area (Å²) in [7, 11) is 1.68.